The maximum Gasteiger partial charge on any atom is 0.352 e. The number of aromatic carboxylic acids is 1. The van der Waals surface area contributed by atoms with Crippen LogP contribution in [0.3, 0.4) is 0 Å². The van der Waals surface area contributed by atoms with Crippen molar-refractivity contribution in [1.29, 1.82) is 0 Å². The number of hydrogen-bond acceptors (Lipinski definition) is 4. The second kappa shape index (κ2) is 4.46. The molecule has 0 atom stereocenters. The van der Waals surface area contributed by atoms with Crippen LogP contribution >= 0.6 is 0 Å². The number of aromatic nitrogens is 1. The Hall–Kier alpha value is -2.02. The minimum atomic E-state index is -2.49. The van der Waals surface area contributed by atoms with Crippen LogP contribution in [0.1, 0.15) is 10.5 Å². The van der Waals surface area contributed by atoms with Crippen molar-refractivity contribution in [3.8, 4) is 0 Å². The Morgan fingerprint density at radius 2 is 2.12 bits per heavy atom. The number of carbonyl (C=O) groups is 1. The number of nitrogens with one attached hydrogen (secondary N) is 2. The lowest BCUT2D eigenvalue weighted by molar-refractivity contribution is 0.0691. The minimum absolute atomic E-state index is 0.104. The molecule has 1 aromatic heterocycles. The Morgan fingerprint density at radius 3 is 2.76 bits per heavy atom. The van der Waals surface area contributed by atoms with Gasteiger partial charge in [0.2, 0.25) is 0 Å². The van der Waals surface area contributed by atoms with Gasteiger partial charge in [0.05, 0.1) is 0 Å². The first-order valence-corrected chi connectivity index (χ1v) is 6.14. The Labute approximate surface area is 98.2 Å². The molecule has 0 saturated carbocycles. The molecule has 2 rings (SSSR count). The zero-order chi connectivity index (χ0) is 12.4. The van der Waals surface area contributed by atoms with E-state index >= 15 is 0 Å². The fourth-order valence-corrected chi connectivity index (χ4v) is 1.82. The smallest absolute Gasteiger partial charge is 0.352 e. The van der Waals surface area contributed by atoms with E-state index in [4.69, 9.17) is 5.11 Å². The summed E-state index contributed by atoms with van der Waals surface area (Å²) >= 11 is 0. The molecule has 0 amide bonds. The molecule has 0 radical (unpaired) electrons. The zero-order valence-corrected chi connectivity index (χ0v) is 9.53. The molecule has 1 heterocycles. The van der Waals surface area contributed by atoms with Crippen LogP contribution in [0.2, 0.25) is 0 Å². The number of rotatable bonds is 4. The summed E-state index contributed by atoms with van der Waals surface area (Å²) in [7, 11) is -2.49. The van der Waals surface area contributed by atoms with Crippen molar-refractivity contribution in [2.75, 3.05) is 11.2 Å². The van der Waals surface area contributed by atoms with Crippen LogP contribution in [-0.2, 0) is 10.7 Å². The highest BCUT2D eigenvalue weighted by atomic mass is 32.2. The third-order valence-electron chi connectivity index (χ3n) is 2.27. The topological polar surface area (TPSA) is 99.3 Å². The number of benzene rings is 1. The quantitative estimate of drug-likeness (QED) is 0.606. The maximum absolute atomic E-state index is 10.7. The lowest BCUT2D eigenvalue weighted by Crippen LogP contribution is -2.02. The first kappa shape index (κ1) is 11.5. The monoisotopic (exact) mass is 254 g/mol. The maximum atomic E-state index is 10.7. The van der Waals surface area contributed by atoms with Gasteiger partial charge in [-0.1, -0.05) is 6.07 Å². The summed E-state index contributed by atoms with van der Waals surface area (Å²) in [5.41, 5.74) is 1.37. The van der Waals surface area contributed by atoms with Crippen LogP contribution in [-0.4, -0.2) is 30.4 Å². The number of thiol groups is 1. The van der Waals surface area contributed by atoms with Gasteiger partial charge in [-0.05, 0) is 18.2 Å². The van der Waals surface area contributed by atoms with Crippen LogP contribution in [0.5, 0.6) is 0 Å². The van der Waals surface area contributed by atoms with Gasteiger partial charge in [0, 0.05) is 16.6 Å². The summed E-state index contributed by atoms with van der Waals surface area (Å²) in [4.78, 5) is 13.5. The van der Waals surface area contributed by atoms with Crippen LogP contribution in [0.25, 0.3) is 10.9 Å². The van der Waals surface area contributed by atoms with E-state index in [2.05, 4.69) is 10.3 Å². The molecule has 0 aliphatic heterocycles. The van der Waals surface area contributed by atoms with Crippen LogP contribution in [0.15, 0.2) is 24.3 Å². The van der Waals surface area contributed by atoms with Gasteiger partial charge in [0.25, 0.3) is 0 Å². The Balaban J connectivity index is 2.33. The molecule has 17 heavy (non-hydrogen) atoms. The van der Waals surface area contributed by atoms with E-state index in [1.165, 1.54) is 6.07 Å². The minimum Gasteiger partial charge on any atom is -0.477 e. The van der Waals surface area contributed by atoms with E-state index in [0.717, 1.165) is 5.39 Å². The molecule has 3 N–H and O–H groups in total. The molecule has 0 aliphatic carbocycles. The van der Waals surface area contributed by atoms with Crippen LogP contribution in [0, 0.1) is 0 Å². The molecular weight excluding hydrogens is 244 g/mol. The summed E-state index contributed by atoms with van der Waals surface area (Å²) in [6.45, 7) is 0. The average Bonchev–Trinajstić information content (AvgIpc) is 2.69. The predicted molar refractivity (Wildman–Crippen MR) is 64.1 cm³/mol. The number of H-pyrrole nitrogens is 1. The van der Waals surface area contributed by atoms with Gasteiger partial charge in [-0.25, -0.2) is 13.2 Å². The average molecular weight is 254 g/mol. The normalized spacial score (nSPS) is 10.9. The number of aromatic amines is 1. The summed E-state index contributed by atoms with van der Waals surface area (Å²) in [6.07, 6.45) is 0. The van der Waals surface area contributed by atoms with Gasteiger partial charge >= 0.3 is 5.97 Å². The molecule has 0 aliphatic rings. The van der Waals surface area contributed by atoms with Crippen molar-refractivity contribution in [2.45, 2.75) is 0 Å². The summed E-state index contributed by atoms with van der Waals surface area (Å²) in [5.74, 6) is -1.17. The highest BCUT2D eigenvalue weighted by Crippen LogP contribution is 2.19. The van der Waals surface area contributed by atoms with E-state index < -0.39 is 16.7 Å². The lowest BCUT2D eigenvalue weighted by atomic mass is 10.2. The van der Waals surface area contributed by atoms with Crippen molar-refractivity contribution < 1.29 is 18.3 Å². The highest BCUT2D eigenvalue weighted by Gasteiger charge is 2.07. The lowest BCUT2D eigenvalue weighted by Gasteiger charge is -2.01. The second-order valence-corrected chi connectivity index (χ2v) is 4.44. The van der Waals surface area contributed by atoms with Crippen LogP contribution < -0.4 is 5.32 Å². The molecule has 6 nitrogen and oxygen atoms in total. The van der Waals surface area contributed by atoms with Gasteiger partial charge in [0.15, 0.2) is 10.7 Å². The number of hydrogen-bond donors (Lipinski definition) is 4. The standard InChI is InChI=1S/C10H10N2O4S/c13-10(14)9-3-6-1-2-7(4-8(6)12-9)11-5-17(15)16/h1-4,11-12,17H,5H2,(H,13,14). The molecule has 7 heteroatoms. The fraction of sp³-hybridized carbons (Fsp3) is 0.100. The van der Waals surface area contributed by atoms with Crippen LogP contribution in [0.4, 0.5) is 5.69 Å². The van der Waals surface area contributed by atoms with E-state index in [1.54, 1.807) is 18.2 Å². The molecule has 0 saturated heterocycles. The van der Waals surface area contributed by atoms with Gasteiger partial charge < -0.3 is 15.4 Å². The molecular formula is C10H10N2O4S. The van der Waals surface area contributed by atoms with Crippen molar-refractivity contribution in [1.82, 2.24) is 4.98 Å². The number of fused-ring (bicyclic) bond motifs is 1. The summed E-state index contributed by atoms with van der Waals surface area (Å²) in [5, 5.41) is 12.3. The number of carboxylic acids is 1. The van der Waals surface area contributed by atoms with Gasteiger partial charge in [-0.15, -0.1) is 0 Å². The first-order valence-electron chi connectivity index (χ1n) is 4.78. The largest absolute Gasteiger partial charge is 0.477 e. The molecule has 0 spiro atoms. The van der Waals surface area contributed by atoms with Gasteiger partial charge in [-0.3, -0.25) is 0 Å². The Bertz CT molecular complexity index is 637. The fourth-order valence-electron chi connectivity index (χ4n) is 1.51. The summed E-state index contributed by atoms with van der Waals surface area (Å²) in [6, 6.07) is 6.61. The predicted octanol–water partition coefficient (Wildman–Crippen LogP) is 0.847. The Kier molecular flexibility index (Phi) is 3.01. The SMILES string of the molecule is O=C(O)c1cc2ccc(NC[SH](=O)=O)cc2[nH]1. The molecule has 0 unspecified atom stereocenters. The molecule has 0 bridgehead atoms. The van der Waals surface area contributed by atoms with E-state index in [-0.39, 0.29) is 11.6 Å². The zero-order valence-electron chi connectivity index (χ0n) is 8.64. The van der Waals surface area contributed by atoms with E-state index in [0.29, 0.717) is 11.2 Å². The van der Waals surface area contributed by atoms with E-state index in [9.17, 15) is 13.2 Å². The Morgan fingerprint density at radius 1 is 1.35 bits per heavy atom. The number of carboxylic acid groups (broad SMARTS) is 1. The van der Waals surface area contributed by atoms with Gasteiger partial charge in [0.1, 0.15) is 11.6 Å². The van der Waals surface area contributed by atoms with Crippen molar-refractivity contribution in [3.63, 3.8) is 0 Å². The van der Waals surface area contributed by atoms with Gasteiger partial charge in [-0.2, -0.15) is 0 Å². The highest BCUT2D eigenvalue weighted by molar-refractivity contribution is 7.72. The third-order valence-corrected chi connectivity index (χ3v) is 2.68. The molecule has 0 fully saturated rings. The number of anilines is 1. The molecule has 90 valence electrons. The first-order chi connectivity index (χ1) is 8.06. The third kappa shape index (κ3) is 2.56. The van der Waals surface area contributed by atoms with E-state index in [1.807, 2.05) is 0 Å². The second-order valence-electron chi connectivity index (χ2n) is 3.46. The van der Waals surface area contributed by atoms with Crippen molar-refractivity contribution in [3.05, 3.63) is 30.0 Å². The molecule has 2 aromatic rings. The summed E-state index contributed by atoms with van der Waals surface area (Å²) < 4.78 is 20.8. The van der Waals surface area contributed by atoms with Crippen molar-refractivity contribution in [2.24, 2.45) is 0 Å². The van der Waals surface area contributed by atoms with Crippen molar-refractivity contribution >= 4 is 33.3 Å². The molecule has 1 aromatic carbocycles.